The molecule has 1 saturated carbocycles. The number of amides is 1. The van der Waals surface area contributed by atoms with E-state index in [9.17, 15) is 14.7 Å². The van der Waals surface area contributed by atoms with E-state index in [0.29, 0.717) is 18.7 Å². The molecule has 1 aliphatic heterocycles. The summed E-state index contributed by atoms with van der Waals surface area (Å²) in [7, 11) is 0. The molecular weight excluding hydrogens is 238 g/mol. The van der Waals surface area contributed by atoms with E-state index >= 15 is 0 Å². The Balaban J connectivity index is 2.10. The Morgan fingerprint density at radius 3 is 2.59 bits per heavy atom. The van der Waals surface area contributed by atoms with Gasteiger partial charge in [-0.1, -0.05) is 12.8 Å². The van der Waals surface area contributed by atoms with Gasteiger partial charge in [-0.3, -0.25) is 4.79 Å². The van der Waals surface area contributed by atoms with Crippen molar-refractivity contribution in [3.8, 4) is 0 Å². The molecule has 17 heavy (non-hydrogen) atoms. The third-order valence-corrected chi connectivity index (χ3v) is 4.45. The van der Waals surface area contributed by atoms with Gasteiger partial charge in [-0.2, -0.15) is 12.6 Å². The zero-order valence-electron chi connectivity index (χ0n) is 9.84. The van der Waals surface area contributed by atoms with Crippen molar-refractivity contribution < 1.29 is 14.7 Å². The van der Waals surface area contributed by atoms with E-state index in [1.165, 1.54) is 0 Å². The van der Waals surface area contributed by atoms with Crippen LogP contribution >= 0.6 is 12.6 Å². The van der Waals surface area contributed by atoms with Crippen LogP contribution < -0.4 is 0 Å². The molecule has 0 aromatic heterocycles. The molecule has 2 rings (SSSR count). The van der Waals surface area contributed by atoms with Crippen molar-refractivity contribution in [1.82, 2.24) is 4.90 Å². The highest BCUT2D eigenvalue weighted by molar-refractivity contribution is 7.80. The van der Waals surface area contributed by atoms with Crippen LogP contribution in [0.15, 0.2) is 0 Å². The maximum atomic E-state index is 11.9. The van der Waals surface area contributed by atoms with Crippen molar-refractivity contribution >= 4 is 24.5 Å². The van der Waals surface area contributed by atoms with Gasteiger partial charge in [-0.05, 0) is 30.4 Å². The highest BCUT2D eigenvalue weighted by Crippen LogP contribution is 2.33. The number of thiol groups is 1. The summed E-state index contributed by atoms with van der Waals surface area (Å²) < 4.78 is 0. The van der Waals surface area contributed by atoms with Crippen LogP contribution in [0.1, 0.15) is 32.1 Å². The molecule has 0 aromatic rings. The fraction of sp³-hybridized carbons (Fsp3) is 0.833. The maximum Gasteiger partial charge on any atom is 0.326 e. The topological polar surface area (TPSA) is 57.6 Å². The van der Waals surface area contributed by atoms with Gasteiger partial charge < -0.3 is 10.0 Å². The molecule has 2 aliphatic rings. The molecule has 1 amide bonds. The number of likely N-dealkylation sites (tertiary alicyclic amines) is 1. The van der Waals surface area contributed by atoms with Gasteiger partial charge in [0.2, 0.25) is 5.91 Å². The molecule has 1 N–H and O–H groups in total. The molecule has 4 nitrogen and oxygen atoms in total. The second-order valence-corrected chi connectivity index (χ2v) is 5.49. The number of carboxylic acids is 1. The zero-order chi connectivity index (χ0) is 12.4. The molecule has 5 heteroatoms. The SMILES string of the molecule is O=C(O)C(C1CCCC1)N1CC(CS)CC1=O. The predicted molar refractivity (Wildman–Crippen MR) is 67.1 cm³/mol. The zero-order valence-corrected chi connectivity index (χ0v) is 10.7. The largest absolute Gasteiger partial charge is 0.480 e. The van der Waals surface area contributed by atoms with Gasteiger partial charge in [-0.25, -0.2) is 4.79 Å². The number of carboxylic acid groups (broad SMARTS) is 1. The van der Waals surface area contributed by atoms with Crippen LogP contribution in [0.4, 0.5) is 0 Å². The number of hydrogen-bond donors (Lipinski definition) is 2. The molecule has 96 valence electrons. The summed E-state index contributed by atoms with van der Waals surface area (Å²) >= 11 is 4.20. The van der Waals surface area contributed by atoms with E-state index < -0.39 is 12.0 Å². The van der Waals surface area contributed by atoms with E-state index in [4.69, 9.17) is 0 Å². The normalized spacial score (nSPS) is 27.7. The summed E-state index contributed by atoms with van der Waals surface area (Å²) in [5.41, 5.74) is 0. The van der Waals surface area contributed by atoms with Gasteiger partial charge in [0.1, 0.15) is 6.04 Å². The molecule has 1 saturated heterocycles. The lowest BCUT2D eigenvalue weighted by Crippen LogP contribution is -2.46. The van der Waals surface area contributed by atoms with Gasteiger partial charge in [0.25, 0.3) is 0 Å². The Morgan fingerprint density at radius 1 is 1.47 bits per heavy atom. The molecule has 1 aliphatic carbocycles. The first-order valence-corrected chi connectivity index (χ1v) is 6.90. The monoisotopic (exact) mass is 257 g/mol. The summed E-state index contributed by atoms with van der Waals surface area (Å²) in [6, 6.07) is -0.602. The molecule has 1 heterocycles. The minimum absolute atomic E-state index is 0.0108. The Morgan fingerprint density at radius 2 is 2.12 bits per heavy atom. The third kappa shape index (κ3) is 2.59. The van der Waals surface area contributed by atoms with Gasteiger partial charge in [-0.15, -0.1) is 0 Å². The molecule has 2 unspecified atom stereocenters. The Labute approximate surface area is 107 Å². The quantitative estimate of drug-likeness (QED) is 0.749. The molecule has 0 bridgehead atoms. The lowest BCUT2D eigenvalue weighted by Gasteiger charge is -2.29. The van der Waals surface area contributed by atoms with Gasteiger partial charge >= 0.3 is 5.97 Å². The first-order valence-electron chi connectivity index (χ1n) is 6.26. The fourth-order valence-electron chi connectivity index (χ4n) is 3.06. The summed E-state index contributed by atoms with van der Waals surface area (Å²) in [4.78, 5) is 24.9. The van der Waals surface area contributed by atoms with E-state index in [2.05, 4.69) is 12.6 Å². The summed E-state index contributed by atoms with van der Waals surface area (Å²) in [5, 5.41) is 9.36. The first kappa shape index (κ1) is 12.7. The van der Waals surface area contributed by atoms with Gasteiger partial charge in [0.15, 0.2) is 0 Å². The summed E-state index contributed by atoms with van der Waals surface area (Å²) in [6.45, 7) is 0.565. The van der Waals surface area contributed by atoms with Crippen molar-refractivity contribution in [2.75, 3.05) is 12.3 Å². The van der Waals surface area contributed by atoms with E-state index in [1.807, 2.05) is 0 Å². The minimum Gasteiger partial charge on any atom is -0.480 e. The van der Waals surface area contributed by atoms with Crippen LogP contribution in [0.3, 0.4) is 0 Å². The van der Waals surface area contributed by atoms with Crippen molar-refractivity contribution in [2.45, 2.75) is 38.1 Å². The van der Waals surface area contributed by atoms with E-state index in [-0.39, 0.29) is 17.7 Å². The number of hydrogen-bond acceptors (Lipinski definition) is 3. The number of nitrogens with zero attached hydrogens (tertiary/aromatic N) is 1. The first-order chi connectivity index (χ1) is 8.13. The molecule has 2 fully saturated rings. The molecular formula is C12H19NO3S. The third-order valence-electron chi connectivity index (χ3n) is 3.93. The van der Waals surface area contributed by atoms with Crippen LogP contribution in [0, 0.1) is 11.8 Å². The Bertz CT molecular complexity index is 315. The van der Waals surface area contributed by atoms with Gasteiger partial charge in [0.05, 0.1) is 0 Å². The molecule has 0 aromatic carbocycles. The number of aliphatic carboxylic acids is 1. The molecule has 2 atom stereocenters. The predicted octanol–water partition coefficient (Wildman–Crippen LogP) is 1.41. The Kier molecular flexibility index (Phi) is 3.97. The highest BCUT2D eigenvalue weighted by atomic mass is 32.1. The highest BCUT2D eigenvalue weighted by Gasteiger charge is 2.41. The molecule has 0 spiro atoms. The smallest absolute Gasteiger partial charge is 0.326 e. The Hall–Kier alpha value is -0.710. The second kappa shape index (κ2) is 5.29. The van der Waals surface area contributed by atoms with E-state index in [0.717, 1.165) is 25.7 Å². The summed E-state index contributed by atoms with van der Waals surface area (Å²) in [5.74, 6) is 0.164. The van der Waals surface area contributed by atoms with Crippen LogP contribution in [-0.2, 0) is 9.59 Å². The van der Waals surface area contributed by atoms with E-state index in [1.54, 1.807) is 4.90 Å². The average Bonchev–Trinajstić information content (AvgIpc) is 2.89. The number of carbonyl (C=O) groups is 2. The van der Waals surface area contributed by atoms with Crippen molar-refractivity contribution in [3.05, 3.63) is 0 Å². The lowest BCUT2D eigenvalue weighted by atomic mass is 9.97. The van der Waals surface area contributed by atoms with Crippen LogP contribution in [0.25, 0.3) is 0 Å². The van der Waals surface area contributed by atoms with Crippen LogP contribution in [0.2, 0.25) is 0 Å². The second-order valence-electron chi connectivity index (χ2n) is 5.13. The lowest BCUT2D eigenvalue weighted by molar-refractivity contribution is -0.150. The average molecular weight is 257 g/mol. The summed E-state index contributed by atoms with van der Waals surface area (Å²) in [6.07, 6.45) is 4.51. The fourth-order valence-corrected chi connectivity index (χ4v) is 3.31. The standard InChI is InChI=1S/C12H19NO3S/c14-10-5-8(7-17)6-13(10)11(12(15)16)9-3-1-2-4-9/h8-9,11,17H,1-7H2,(H,15,16). The van der Waals surface area contributed by atoms with Crippen LogP contribution in [0.5, 0.6) is 0 Å². The van der Waals surface area contributed by atoms with Crippen molar-refractivity contribution in [2.24, 2.45) is 11.8 Å². The van der Waals surface area contributed by atoms with Crippen molar-refractivity contribution in [3.63, 3.8) is 0 Å². The minimum atomic E-state index is -0.843. The van der Waals surface area contributed by atoms with Gasteiger partial charge in [0, 0.05) is 13.0 Å². The maximum absolute atomic E-state index is 11.9. The number of carbonyl (C=O) groups excluding carboxylic acids is 1. The van der Waals surface area contributed by atoms with Crippen molar-refractivity contribution in [1.29, 1.82) is 0 Å². The molecule has 0 radical (unpaired) electrons. The number of rotatable bonds is 4. The van der Waals surface area contributed by atoms with Crippen LogP contribution in [-0.4, -0.2) is 40.2 Å².